The Labute approximate surface area is 137 Å². The SMILES string of the molecule is CC(C)[Si](OC[C@@H](N)Cc1ccc(O)cc1)(C(C)C)C(C)C. The van der Waals surface area contributed by atoms with Gasteiger partial charge in [-0.25, -0.2) is 0 Å². The molecule has 1 aromatic carbocycles. The molecular weight excluding hydrogens is 290 g/mol. The average Bonchev–Trinajstić information content (AvgIpc) is 2.40. The third-order valence-electron chi connectivity index (χ3n) is 4.69. The van der Waals surface area contributed by atoms with Gasteiger partial charge in [-0.15, -0.1) is 0 Å². The molecule has 126 valence electrons. The van der Waals surface area contributed by atoms with E-state index in [4.69, 9.17) is 10.2 Å². The number of benzene rings is 1. The summed E-state index contributed by atoms with van der Waals surface area (Å²) in [5.74, 6) is 0.291. The van der Waals surface area contributed by atoms with Gasteiger partial charge in [0.2, 0.25) is 0 Å². The summed E-state index contributed by atoms with van der Waals surface area (Å²) in [6.45, 7) is 14.3. The van der Waals surface area contributed by atoms with Gasteiger partial charge in [0.15, 0.2) is 8.32 Å². The Balaban J connectivity index is 2.70. The monoisotopic (exact) mass is 323 g/mol. The Kier molecular flexibility index (Phi) is 7.10. The minimum absolute atomic E-state index is 0.00679. The highest BCUT2D eigenvalue weighted by molar-refractivity contribution is 6.77. The molecule has 1 rings (SSSR count). The van der Waals surface area contributed by atoms with Crippen LogP contribution in [0.4, 0.5) is 0 Å². The molecule has 4 heteroatoms. The smallest absolute Gasteiger partial charge is 0.200 e. The molecule has 3 nitrogen and oxygen atoms in total. The van der Waals surface area contributed by atoms with Crippen molar-refractivity contribution in [3.8, 4) is 5.75 Å². The van der Waals surface area contributed by atoms with Crippen molar-refractivity contribution in [3.63, 3.8) is 0 Å². The highest BCUT2D eigenvalue weighted by atomic mass is 28.4. The van der Waals surface area contributed by atoms with Crippen LogP contribution in [-0.2, 0) is 10.8 Å². The quantitative estimate of drug-likeness (QED) is 0.695. The number of nitrogens with two attached hydrogens (primary N) is 1. The maximum atomic E-state index is 9.33. The number of hydrogen-bond donors (Lipinski definition) is 2. The van der Waals surface area contributed by atoms with Gasteiger partial charge < -0.3 is 15.3 Å². The lowest BCUT2D eigenvalue weighted by Gasteiger charge is -2.42. The average molecular weight is 324 g/mol. The van der Waals surface area contributed by atoms with Crippen LogP contribution in [0.2, 0.25) is 16.6 Å². The second-order valence-corrected chi connectivity index (χ2v) is 12.7. The summed E-state index contributed by atoms with van der Waals surface area (Å²) < 4.78 is 6.54. The van der Waals surface area contributed by atoms with Gasteiger partial charge in [0.05, 0.1) is 0 Å². The molecule has 0 fully saturated rings. The van der Waals surface area contributed by atoms with E-state index in [1.54, 1.807) is 12.1 Å². The standard InChI is InChI=1S/C18H33NO2Si/c1-13(2)22(14(3)4,15(5)6)21-12-17(19)11-16-7-9-18(20)10-8-16/h7-10,13-15,17,20H,11-12,19H2,1-6H3/t17-/m0/s1. The Hall–Kier alpha value is -0.843. The molecule has 0 aromatic heterocycles. The largest absolute Gasteiger partial charge is 0.508 e. The van der Waals surface area contributed by atoms with Crippen LogP contribution in [0.1, 0.15) is 47.1 Å². The van der Waals surface area contributed by atoms with Gasteiger partial charge in [0, 0.05) is 12.6 Å². The van der Waals surface area contributed by atoms with Gasteiger partial charge >= 0.3 is 0 Å². The molecule has 22 heavy (non-hydrogen) atoms. The minimum Gasteiger partial charge on any atom is -0.508 e. The van der Waals surface area contributed by atoms with Crippen LogP contribution < -0.4 is 5.73 Å². The fourth-order valence-electron chi connectivity index (χ4n) is 3.75. The maximum absolute atomic E-state index is 9.33. The minimum atomic E-state index is -1.84. The zero-order valence-corrected chi connectivity index (χ0v) is 16.0. The first-order valence-corrected chi connectivity index (χ1v) is 10.5. The van der Waals surface area contributed by atoms with Gasteiger partial charge in [-0.2, -0.15) is 0 Å². The van der Waals surface area contributed by atoms with Crippen LogP contribution in [0, 0.1) is 0 Å². The van der Waals surface area contributed by atoms with E-state index in [1.165, 1.54) is 0 Å². The van der Waals surface area contributed by atoms with Gasteiger partial charge in [0.25, 0.3) is 0 Å². The lowest BCUT2D eigenvalue weighted by Crippen LogP contribution is -2.50. The molecule has 0 aliphatic heterocycles. The maximum Gasteiger partial charge on any atom is 0.200 e. The molecule has 1 aromatic rings. The van der Waals surface area contributed by atoms with Crippen molar-refractivity contribution in [1.82, 2.24) is 0 Å². The zero-order chi connectivity index (χ0) is 16.9. The summed E-state index contributed by atoms with van der Waals surface area (Å²) in [5.41, 5.74) is 9.16. The molecule has 0 heterocycles. The molecule has 0 spiro atoms. The second-order valence-electron chi connectivity index (χ2n) is 7.26. The molecule has 0 radical (unpaired) electrons. The lowest BCUT2D eigenvalue weighted by atomic mass is 10.1. The molecule has 1 atom stereocenters. The molecule has 0 aliphatic rings. The number of hydrogen-bond acceptors (Lipinski definition) is 3. The number of phenolic OH excluding ortho intramolecular Hbond substituents is 1. The van der Waals surface area contributed by atoms with E-state index in [1.807, 2.05) is 12.1 Å². The van der Waals surface area contributed by atoms with Crippen LogP contribution in [0.25, 0.3) is 0 Å². The van der Waals surface area contributed by atoms with Gasteiger partial charge in [0.1, 0.15) is 5.75 Å². The Morgan fingerprint density at radius 3 is 1.82 bits per heavy atom. The summed E-state index contributed by atoms with van der Waals surface area (Å²) in [5, 5.41) is 9.33. The van der Waals surface area contributed by atoms with Crippen molar-refractivity contribution >= 4 is 8.32 Å². The Bertz CT molecular complexity index is 421. The van der Waals surface area contributed by atoms with E-state index in [0.29, 0.717) is 29.0 Å². The fourth-order valence-corrected chi connectivity index (χ4v) is 9.25. The Morgan fingerprint density at radius 1 is 0.955 bits per heavy atom. The third kappa shape index (κ3) is 4.57. The number of aromatic hydroxyl groups is 1. The van der Waals surface area contributed by atoms with Crippen molar-refractivity contribution in [2.75, 3.05) is 6.61 Å². The van der Waals surface area contributed by atoms with Crippen molar-refractivity contribution in [3.05, 3.63) is 29.8 Å². The molecule has 0 saturated heterocycles. The number of rotatable bonds is 8. The molecule has 0 aliphatic carbocycles. The van der Waals surface area contributed by atoms with Crippen molar-refractivity contribution in [1.29, 1.82) is 0 Å². The summed E-state index contributed by atoms with van der Waals surface area (Å²) in [6, 6.07) is 7.25. The van der Waals surface area contributed by atoms with Crippen molar-refractivity contribution < 1.29 is 9.53 Å². The predicted octanol–water partition coefficient (Wildman–Crippen LogP) is 4.45. The highest BCUT2D eigenvalue weighted by Crippen LogP contribution is 2.42. The molecule has 0 bridgehead atoms. The normalized spacial score (nSPS) is 14.1. The van der Waals surface area contributed by atoms with E-state index in [9.17, 15) is 5.11 Å². The van der Waals surface area contributed by atoms with E-state index >= 15 is 0 Å². The van der Waals surface area contributed by atoms with Crippen LogP contribution in [0.3, 0.4) is 0 Å². The summed E-state index contributed by atoms with van der Waals surface area (Å²) in [4.78, 5) is 0. The second kappa shape index (κ2) is 8.13. The summed E-state index contributed by atoms with van der Waals surface area (Å²) in [7, 11) is -1.84. The molecule has 0 amide bonds. The van der Waals surface area contributed by atoms with E-state index in [-0.39, 0.29) is 6.04 Å². The van der Waals surface area contributed by atoms with Crippen molar-refractivity contribution in [2.45, 2.75) is 70.6 Å². The van der Waals surface area contributed by atoms with Gasteiger partial charge in [-0.3, -0.25) is 0 Å². The third-order valence-corrected chi connectivity index (χ3v) is 10.8. The van der Waals surface area contributed by atoms with Crippen LogP contribution in [0.5, 0.6) is 5.75 Å². The first kappa shape index (κ1) is 19.2. The summed E-state index contributed by atoms with van der Waals surface area (Å²) >= 11 is 0. The summed E-state index contributed by atoms with van der Waals surface area (Å²) in [6.07, 6.45) is 0.777. The topological polar surface area (TPSA) is 55.5 Å². The van der Waals surface area contributed by atoms with Gasteiger partial charge in [-0.1, -0.05) is 53.7 Å². The van der Waals surface area contributed by atoms with Crippen LogP contribution in [0.15, 0.2) is 24.3 Å². The molecule has 3 N–H and O–H groups in total. The van der Waals surface area contributed by atoms with Crippen LogP contribution >= 0.6 is 0 Å². The van der Waals surface area contributed by atoms with E-state index in [0.717, 1.165) is 12.0 Å². The molecule has 0 saturated carbocycles. The molecular formula is C18H33NO2Si. The first-order chi connectivity index (χ1) is 10.2. The van der Waals surface area contributed by atoms with Crippen LogP contribution in [-0.4, -0.2) is 26.1 Å². The molecule has 0 unspecified atom stereocenters. The fraction of sp³-hybridized carbons (Fsp3) is 0.667. The Morgan fingerprint density at radius 2 is 1.41 bits per heavy atom. The predicted molar refractivity (Wildman–Crippen MR) is 96.8 cm³/mol. The number of phenols is 1. The highest BCUT2D eigenvalue weighted by Gasteiger charge is 2.45. The van der Waals surface area contributed by atoms with E-state index in [2.05, 4.69) is 41.5 Å². The van der Waals surface area contributed by atoms with Gasteiger partial charge in [-0.05, 0) is 40.7 Å². The lowest BCUT2D eigenvalue weighted by molar-refractivity contribution is 0.253. The zero-order valence-electron chi connectivity index (χ0n) is 15.0. The first-order valence-electron chi connectivity index (χ1n) is 8.37. The van der Waals surface area contributed by atoms with Crippen molar-refractivity contribution in [2.24, 2.45) is 5.73 Å². The van der Waals surface area contributed by atoms with E-state index < -0.39 is 8.32 Å².